The minimum absolute atomic E-state index is 0.0617. The van der Waals surface area contributed by atoms with Crippen LogP contribution in [0.4, 0.5) is 0 Å². The first-order valence-electron chi connectivity index (χ1n) is 5.42. The van der Waals surface area contributed by atoms with Gasteiger partial charge in [0.15, 0.2) is 0 Å². The van der Waals surface area contributed by atoms with Gasteiger partial charge in [-0.05, 0) is 31.3 Å². The molecule has 4 nitrogen and oxygen atoms in total. The van der Waals surface area contributed by atoms with Gasteiger partial charge >= 0.3 is 0 Å². The first-order valence-corrected chi connectivity index (χ1v) is 6.22. The molecule has 0 aliphatic carbocycles. The Morgan fingerprint density at radius 3 is 2.59 bits per heavy atom. The maximum atomic E-state index is 12.2. The van der Waals surface area contributed by atoms with Crippen LogP contribution in [0.1, 0.15) is 11.3 Å². The van der Waals surface area contributed by atoms with Gasteiger partial charge in [-0.25, -0.2) is 4.68 Å². The minimum Gasteiger partial charge on any atom is -0.296 e. The lowest BCUT2D eigenvalue weighted by molar-refractivity contribution is 0.346. The third-order valence-electron chi connectivity index (χ3n) is 3.01. The molecule has 3 rings (SSSR count). The van der Waals surface area contributed by atoms with Crippen molar-refractivity contribution in [3.8, 4) is 5.69 Å². The Balaban J connectivity index is 2.09. The lowest BCUT2D eigenvalue weighted by atomic mass is 10.3. The van der Waals surface area contributed by atoms with Crippen molar-refractivity contribution in [1.82, 2.24) is 14.7 Å². The summed E-state index contributed by atoms with van der Waals surface area (Å²) in [6, 6.07) is 7.70. The van der Waals surface area contributed by atoms with Crippen LogP contribution in [0, 0.1) is 0 Å². The van der Waals surface area contributed by atoms with E-state index in [0.29, 0.717) is 0 Å². The van der Waals surface area contributed by atoms with Gasteiger partial charge in [-0.15, -0.1) is 0 Å². The van der Waals surface area contributed by atoms with Crippen LogP contribution in [0.3, 0.4) is 0 Å². The summed E-state index contributed by atoms with van der Waals surface area (Å²) in [4.78, 5) is 14.3. The number of halogens is 1. The molecule has 0 radical (unpaired) electrons. The molecule has 0 atom stereocenters. The molecule has 0 fully saturated rings. The summed E-state index contributed by atoms with van der Waals surface area (Å²) in [5.74, 6) is 0. The zero-order valence-electron chi connectivity index (χ0n) is 9.40. The average molecular weight is 294 g/mol. The number of rotatable bonds is 1. The maximum Gasteiger partial charge on any atom is 0.276 e. The number of nitrogens with zero attached hydrogens (tertiary/aromatic N) is 2. The van der Waals surface area contributed by atoms with Gasteiger partial charge in [0.2, 0.25) is 0 Å². The molecule has 88 valence electrons. The van der Waals surface area contributed by atoms with E-state index in [0.717, 1.165) is 34.5 Å². The Kier molecular flexibility index (Phi) is 2.45. The molecule has 0 bridgehead atoms. The van der Waals surface area contributed by atoms with Gasteiger partial charge in [-0.1, -0.05) is 15.9 Å². The molecular weight excluding hydrogens is 282 g/mol. The predicted molar refractivity (Wildman–Crippen MR) is 69.3 cm³/mol. The Hall–Kier alpha value is -1.33. The Morgan fingerprint density at radius 2 is 1.94 bits per heavy atom. The second-order valence-corrected chi connectivity index (χ2v) is 5.27. The molecule has 0 saturated carbocycles. The van der Waals surface area contributed by atoms with Crippen LogP contribution < -0.4 is 5.56 Å². The second kappa shape index (κ2) is 3.85. The van der Waals surface area contributed by atoms with E-state index in [2.05, 4.69) is 25.9 Å². The highest BCUT2D eigenvalue weighted by atomic mass is 79.9. The van der Waals surface area contributed by atoms with Gasteiger partial charge < -0.3 is 0 Å². The van der Waals surface area contributed by atoms with Crippen LogP contribution in [0.2, 0.25) is 0 Å². The quantitative estimate of drug-likeness (QED) is 0.872. The van der Waals surface area contributed by atoms with E-state index in [-0.39, 0.29) is 5.56 Å². The van der Waals surface area contributed by atoms with Crippen molar-refractivity contribution < 1.29 is 0 Å². The molecule has 1 aliphatic heterocycles. The zero-order valence-corrected chi connectivity index (χ0v) is 11.0. The Morgan fingerprint density at radius 1 is 1.24 bits per heavy atom. The smallest absolute Gasteiger partial charge is 0.276 e. The number of aromatic nitrogens is 2. The van der Waals surface area contributed by atoms with Crippen LogP contribution in [-0.2, 0) is 13.1 Å². The number of H-pyrrole nitrogens is 1. The molecule has 0 spiro atoms. The number of hydrogen-bond donors (Lipinski definition) is 1. The third kappa shape index (κ3) is 1.75. The highest BCUT2D eigenvalue weighted by Gasteiger charge is 2.23. The minimum atomic E-state index is 0.0617. The van der Waals surface area contributed by atoms with Crippen molar-refractivity contribution in [3.63, 3.8) is 0 Å². The van der Waals surface area contributed by atoms with Crippen molar-refractivity contribution >= 4 is 15.9 Å². The van der Waals surface area contributed by atoms with Crippen molar-refractivity contribution in [2.45, 2.75) is 13.1 Å². The van der Waals surface area contributed by atoms with Crippen LogP contribution >= 0.6 is 15.9 Å². The molecule has 5 heteroatoms. The topological polar surface area (TPSA) is 41.0 Å². The first kappa shape index (κ1) is 10.8. The summed E-state index contributed by atoms with van der Waals surface area (Å²) in [5.41, 5.74) is 2.85. The molecular formula is C12H12BrN3O. The number of benzene rings is 1. The second-order valence-electron chi connectivity index (χ2n) is 4.36. The van der Waals surface area contributed by atoms with Gasteiger partial charge in [0.05, 0.1) is 16.9 Å². The standard InChI is InChI=1S/C12H12BrN3O/c1-15-6-10-11(7-15)14-16(12(10)17)9-4-2-8(13)3-5-9/h2-5,14H,6-7H2,1H3. The lowest BCUT2D eigenvalue weighted by Gasteiger charge is -2.07. The van der Waals surface area contributed by atoms with Crippen LogP contribution in [0.25, 0.3) is 5.69 Å². The fraction of sp³-hybridized carbons (Fsp3) is 0.250. The number of aromatic amines is 1. The van der Waals surface area contributed by atoms with Crippen LogP contribution in [0.15, 0.2) is 33.5 Å². The number of nitrogens with one attached hydrogen (secondary N) is 1. The van der Waals surface area contributed by atoms with Gasteiger partial charge in [0.1, 0.15) is 0 Å². The number of hydrogen-bond acceptors (Lipinski definition) is 2. The maximum absolute atomic E-state index is 12.2. The summed E-state index contributed by atoms with van der Waals surface area (Å²) in [5, 5.41) is 3.18. The van der Waals surface area contributed by atoms with Crippen LogP contribution in [-0.4, -0.2) is 21.7 Å². The molecule has 0 amide bonds. The van der Waals surface area contributed by atoms with Crippen molar-refractivity contribution in [2.75, 3.05) is 7.05 Å². The largest absolute Gasteiger partial charge is 0.296 e. The lowest BCUT2D eigenvalue weighted by Crippen LogP contribution is -2.20. The molecule has 0 unspecified atom stereocenters. The van der Waals surface area contributed by atoms with Gasteiger partial charge in [0.25, 0.3) is 5.56 Å². The Bertz CT molecular complexity index is 612. The van der Waals surface area contributed by atoms with E-state index in [4.69, 9.17) is 0 Å². The normalized spacial score (nSPS) is 15.2. The Labute approximate surface area is 107 Å². The van der Waals surface area contributed by atoms with E-state index >= 15 is 0 Å². The SMILES string of the molecule is CN1Cc2[nH]n(-c3ccc(Br)cc3)c(=O)c2C1. The first-order chi connectivity index (χ1) is 8.15. The molecule has 2 aromatic rings. The van der Waals surface area contributed by atoms with Crippen molar-refractivity contribution in [1.29, 1.82) is 0 Å². The predicted octanol–water partition coefficient (Wildman–Crippen LogP) is 1.87. The van der Waals surface area contributed by atoms with Gasteiger partial charge in [-0.2, -0.15) is 0 Å². The summed E-state index contributed by atoms with van der Waals surface area (Å²) < 4.78 is 2.62. The average Bonchev–Trinajstić information content (AvgIpc) is 2.79. The third-order valence-corrected chi connectivity index (χ3v) is 3.54. The van der Waals surface area contributed by atoms with Crippen molar-refractivity contribution in [3.05, 3.63) is 50.3 Å². The highest BCUT2D eigenvalue weighted by Crippen LogP contribution is 2.18. The van der Waals surface area contributed by atoms with E-state index in [9.17, 15) is 4.79 Å². The van der Waals surface area contributed by atoms with E-state index in [1.165, 1.54) is 0 Å². The van der Waals surface area contributed by atoms with Gasteiger partial charge in [0, 0.05) is 17.6 Å². The fourth-order valence-corrected chi connectivity index (χ4v) is 2.44. The summed E-state index contributed by atoms with van der Waals surface area (Å²) >= 11 is 3.38. The zero-order chi connectivity index (χ0) is 12.0. The fourth-order valence-electron chi connectivity index (χ4n) is 2.18. The molecule has 1 aromatic heterocycles. The molecule has 0 saturated heterocycles. The van der Waals surface area contributed by atoms with Crippen molar-refractivity contribution in [2.24, 2.45) is 0 Å². The summed E-state index contributed by atoms with van der Waals surface area (Å²) in [6.45, 7) is 1.54. The van der Waals surface area contributed by atoms with E-state index in [1.807, 2.05) is 31.3 Å². The summed E-state index contributed by atoms with van der Waals surface area (Å²) in [7, 11) is 2.01. The summed E-state index contributed by atoms with van der Waals surface area (Å²) in [6.07, 6.45) is 0. The molecule has 2 heterocycles. The highest BCUT2D eigenvalue weighted by molar-refractivity contribution is 9.10. The molecule has 1 aromatic carbocycles. The molecule has 17 heavy (non-hydrogen) atoms. The monoisotopic (exact) mass is 293 g/mol. The van der Waals surface area contributed by atoms with E-state index < -0.39 is 0 Å². The number of fused-ring (bicyclic) bond motifs is 1. The molecule has 1 N–H and O–H groups in total. The van der Waals surface area contributed by atoms with Gasteiger partial charge in [-0.3, -0.25) is 14.8 Å². The molecule has 1 aliphatic rings. The van der Waals surface area contributed by atoms with E-state index in [1.54, 1.807) is 4.68 Å². The van der Waals surface area contributed by atoms with Crippen LogP contribution in [0.5, 0.6) is 0 Å².